The lowest BCUT2D eigenvalue weighted by molar-refractivity contribution is -0.131. The number of carbonyl (C=O) groups is 2. The Balaban J connectivity index is 2.26. The number of carboxylic acid groups (broad SMARTS) is 1. The van der Waals surface area contributed by atoms with Gasteiger partial charge in [0.2, 0.25) is 0 Å². The van der Waals surface area contributed by atoms with Crippen LogP contribution in [0.25, 0.3) is 6.08 Å². The van der Waals surface area contributed by atoms with Crippen LogP contribution in [0.3, 0.4) is 0 Å². The number of amides is 1. The van der Waals surface area contributed by atoms with Crippen molar-refractivity contribution in [2.24, 2.45) is 0 Å². The number of hydrogen-bond donors (Lipinski definition) is 1. The Labute approximate surface area is 125 Å². The molecule has 4 nitrogen and oxygen atoms in total. The van der Waals surface area contributed by atoms with E-state index in [2.05, 4.69) is 6.92 Å². The summed E-state index contributed by atoms with van der Waals surface area (Å²) >= 11 is 0. The van der Waals surface area contributed by atoms with Crippen molar-refractivity contribution in [3.05, 3.63) is 41.0 Å². The van der Waals surface area contributed by atoms with E-state index < -0.39 is 5.97 Å². The molecule has 1 aliphatic rings. The standard InChI is InChI=1S/C17H21NO3/c1-12-9-14(6-7-16(19)20)11-15(10-12)17(21)18-8-4-3-5-13(18)2/h6-7,9-11,13H,3-5,8H2,1-2H3,(H,19,20)/b7-6+. The van der Waals surface area contributed by atoms with Crippen molar-refractivity contribution in [3.8, 4) is 0 Å². The number of piperidine rings is 1. The van der Waals surface area contributed by atoms with Crippen LogP contribution in [-0.4, -0.2) is 34.5 Å². The highest BCUT2D eigenvalue weighted by molar-refractivity contribution is 5.95. The molecule has 0 spiro atoms. The predicted molar refractivity (Wildman–Crippen MR) is 82.2 cm³/mol. The maximum absolute atomic E-state index is 12.6. The smallest absolute Gasteiger partial charge is 0.328 e. The molecule has 1 heterocycles. The number of hydrogen-bond acceptors (Lipinski definition) is 2. The highest BCUT2D eigenvalue weighted by Crippen LogP contribution is 2.21. The summed E-state index contributed by atoms with van der Waals surface area (Å²) in [6, 6.07) is 5.76. The van der Waals surface area contributed by atoms with Gasteiger partial charge in [-0.25, -0.2) is 4.79 Å². The lowest BCUT2D eigenvalue weighted by Gasteiger charge is -2.33. The van der Waals surface area contributed by atoms with Crippen molar-refractivity contribution in [1.82, 2.24) is 4.90 Å². The summed E-state index contributed by atoms with van der Waals surface area (Å²) in [7, 11) is 0. The van der Waals surface area contributed by atoms with E-state index in [0.29, 0.717) is 5.56 Å². The molecule has 1 amide bonds. The summed E-state index contributed by atoms with van der Waals surface area (Å²) in [6.45, 7) is 4.79. The first-order valence-electron chi connectivity index (χ1n) is 7.31. The predicted octanol–water partition coefficient (Wildman–Crippen LogP) is 3.11. The van der Waals surface area contributed by atoms with Crippen LogP contribution in [0, 0.1) is 6.92 Å². The molecule has 1 aromatic rings. The molecule has 0 saturated carbocycles. The third-order valence-electron chi connectivity index (χ3n) is 3.83. The molecule has 1 atom stereocenters. The topological polar surface area (TPSA) is 57.6 Å². The number of aliphatic carboxylic acids is 1. The van der Waals surface area contributed by atoms with E-state index in [9.17, 15) is 9.59 Å². The normalized spacial score (nSPS) is 19.0. The van der Waals surface area contributed by atoms with E-state index in [-0.39, 0.29) is 11.9 Å². The minimum absolute atomic E-state index is 0.0378. The maximum atomic E-state index is 12.6. The largest absolute Gasteiger partial charge is 0.478 e. The highest BCUT2D eigenvalue weighted by Gasteiger charge is 2.24. The number of carbonyl (C=O) groups excluding carboxylic acids is 1. The summed E-state index contributed by atoms with van der Waals surface area (Å²) < 4.78 is 0. The quantitative estimate of drug-likeness (QED) is 0.869. The Bertz CT molecular complexity index is 577. The molecular weight excluding hydrogens is 266 g/mol. The molecule has 0 aliphatic carbocycles. The van der Waals surface area contributed by atoms with Crippen LogP contribution >= 0.6 is 0 Å². The molecule has 0 aromatic heterocycles. The number of carboxylic acids is 1. The summed E-state index contributed by atoms with van der Waals surface area (Å²) in [4.78, 5) is 25.2. The van der Waals surface area contributed by atoms with E-state index >= 15 is 0 Å². The van der Waals surface area contributed by atoms with Crippen LogP contribution in [0.4, 0.5) is 0 Å². The monoisotopic (exact) mass is 287 g/mol. The van der Waals surface area contributed by atoms with Crippen molar-refractivity contribution in [2.75, 3.05) is 6.54 Å². The maximum Gasteiger partial charge on any atom is 0.328 e. The molecular formula is C17H21NO3. The molecule has 4 heteroatoms. The molecule has 1 N–H and O–H groups in total. The van der Waals surface area contributed by atoms with Gasteiger partial charge in [-0.15, -0.1) is 0 Å². The molecule has 0 radical (unpaired) electrons. The Morgan fingerprint density at radius 3 is 2.71 bits per heavy atom. The van der Waals surface area contributed by atoms with Crippen LogP contribution in [-0.2, 0) is 4.79 Å². The van der Waals surface area contributed by atoms with Gasteiger partial charge in [-0.3, -0.25) is 4.79 Å². The second-order valence-electron chi connectivity index (χ2n) is 5.65. The Morgan fingerprint density at radius 1 is 1.29 bits per heavy atom. The van der Waals surface area contributed by atoms with Crippen LogP contribution in [0.5, 0.6) is 0 Å². The zero-order chi connectivity index (χ0) is 15.4. The summed E-state index contributed by atoms with van der Waals surface area (Å²) in [5.74, 6) is -0.954. The van der Waals surface area contributed by atoms with Gasteiger partial charge in [-0.2, -0.15) is 0 Å². The fraction of sp³-hybridized carbons (Fsp3) is 0.412. The van der Waals surface area contributed by atoms with Gasteiger partial charge in [0, 0.05) is 24.2 Å². The van der Waals surface area contributed by atoms with Crippen LogP contribution < -0.4 is 0 Å². The van der Waals surface area contributed by atoms with Crippen molar-refractivity contribution >= 4 is 18.0 Å². The van der Waals surface area contributed by atoms with Crippen molar-refractivity contribution in [3.63, 3.8) is 0 Å². The average Bonchev–Trinajstić information content (AvgIpc) is 2.44. The summed E-state index contributed by atoms with van der Waals surface area (Å²) in [5, 5.41) is 8.70. The minimum Gasteiger partial charge on any atom is -0.478 e. The average molecular weight is 287 g/mol. The first-order valence-corrected chi connectivity index (χ1v) is 7.31. The first kappa shape index (κ1) is 15.3. The molecule has 1 unspecified atom stereocenters. The van der Waals surface area contributed by atoms with Gasteiger partial charge in [-0.05, 0) is 62.4 Å². The van der Waals surface area contributed by atoms with E-state index in [1.54, 1.807) is 6.07 Å². The Kier molecular flexibility index (Phi) is 4.78. The van der Waals surface area contributed by atoms with Crippen LogP contribution in [0.15, 0.2) is 24.3 Å². The van der Waals surface area contributed by atoms with Gasteiger partial charge < -0.3 is 10.0 Å². The van der Waals surface area contributed by atoms with E-state index in [1.807, 2.05) is 24.0 Å². The molecule has 21 heavy (non-hydrogen) atoms. The lowest BCUT2D eigenvalue weighted by Crippen LogP contribution is -2.42. The molecule has 1 saturated heterocycles. The number of benzene rings is 1. The summed E-state index contributed by atoms with van der Waals surface area (Å²) in [6.07, 6.45) is 5.88. The molecule has 1 fully saturated rings. The molecule has 0 bridgehead atoms. The Morgan fingerprint density at radius 2 is 2.05 bits per heavy atom. The van der Waals surface area contributed by atoms with Gasteiger partial charge in [-0.1, -0.05) is 6.07 Å². The van der Waals surface area contributed by atoms with Gasteiger partial charge >= 0.3 is 5.97 Å². The van der Waals surface area contributed by atoms with E-state index in [1.165, 1.54) is 12.5 Å². The fourth-order valence-corrected chi connectivity index (χ4v) is 2.77. The zero-order valence-corrected chi connectivity index (χ0v) is 12.5. The number of rotatable bonds is 3. The van der Waals surface area contributed by atoms with Crippen molar-refractivity contribution in [2.45, 2.75) is 39.2 Å². The Hall–Kier alpha value is -2.10. The second kappa shape index (κ2) is 6.57. The highest BCUT2D eigenvalue weighted by atomic mass is 16.4. The SMILES string of the molecule is Cc1cc(/C=C/C(=O)O)cc(C(=O)N2CCCCC2C)c1. The third-order valence-corrected chi connectivity index (χ3v) is 3.83. The zero-order valence-electron chi connectivity index (χ0n) is 12.5. The van der Waals surface area contributed by atoms with Crippen LogP contribution in [0.1, 0.15) is 47.7 Å². The van der Waals surface area contributed by atoms with Gasteiger partial charge in [0.1, 0.15) is 0 Å². The molecule has 1 aliphatic heterocycles. The lowest BCUT2D eigenvalue weighted by atomic mass is 10.0. The number of aryl methyl sites for hydroxylation is 1. The fourth-order valence-electron chi connectivity index (χ4n) is 2.77. The number of nitrogens with zero attached hydrogens (tertiary/aromatic N) is 1. The molecule has 112 valence electrons. The second-order valence-corrected chi connectivity index (χ2v) is 5.65. The van der Waals surface area contributed by atoms with Crippen molar-refractivity contribution < 1.29 is 14.7 Å². The third kappa shape index (κ3) is 3.94. The van der Waals surface area contributed by atoms with Gasteiger partial charge in [0.05, 0.1) is 0 Å². The number of likely N-dealkylation sites (tertiary alicyclic amines) is 1. The minimum atomic E-state index is -0.992. The first-order chi connectivity index (χ1) is 9.97. The van der Waals surface area contributed by atoms with Gasteiger partial charge in [0.15, 0.2) is 0 Å². The molecule has 2 rings (SSSR count). The van der Waals surface area contributed by atoms with Crippen molar-refractivity contribution in [1.29, 1.82) is 0 Å². The van der Waals surface area contributed by atoms with Crippen LogP contribution in [0.2, 0.25) is 0 Å². The van der Waals surface area contributed by atoms with E-state index in [4.69, 9.17) is 5.11 Å². The van der Waals surface area contributed by atoms with E-state index in [0.717, 1.165) is 36.6 Å². The summed E-state index contributed by atoms with van der Waals surface area (Å²) in [5.41, 5.74) is 2.33. The van der Waals surface area contributed by atoms with Gasteiger partial charge in [0.25, 0.3) is 5.91 Å². The molecule has 1 aromatic carbocycles.